The van der Waals surface area contributed by atoms with Crippen molar-refractivity contribution in [2.24, 2.45) is 5.41 Å². The molecule has 0 aromatic rings. The number of halogens is 2. The molecule has 0 atom stereocenters. The molecule has 0 saturated carbocycles. The zero-order chi connectivity index (χ0) is 11.9. The van der Waals surface area contributed by atoms with E-state index >= 15 is 0 Å². The van der Waals surface area contributed by atoms with E-state index in [0.717, 1.165) is 0 Å². The zero-order valence-electron chi connectivity index (χ0n) is 8.72. The van der Waals surface area contributed by atoms with Crippen LogP contribution < -0.4 is 0 Å². The fraction of sp³-hybridized carbons (Fsp3) is 0.778. The van der Waals surface area contributed by atoms with Gasteiger partial charge in [-0.3, -0.25) is 9.59 Å². The summed E-state index contributed by atoms with van der Waals surface area (Å²) >= 11 is 11.2. The quantitative estimate of drug-likeness (QED) is 0.412. The number of carbonyl (C=O) groups is 2. The van der Waals surface area contributed by atoms with Crippen LogP contribution in [0.2, 0.25) is 0 Å². The molecular formula is C9H14Cl2O4. The van der Waals surface area contributed by atoms with Crippen LogP contribution in [0.15, 0.2) is 0 Å². The molecule has 0 aromatic heterocycles. The van der Waals surface area contributed by atoms with E-state index in [1.54, 1.807) is 13.8 Å². The SMILES string of the molecule is CCOC(=O)C(CCl)(CCl)C(=O)OCC. The van der Waals surface area contributed by atoms with E-state index in [4.69, 9.17) is 32.7 Å². The lowest BCUT2D eigenvalue weighted by Gasteiger charge is -2.24. The van der Waals surface area contributed by atoms with Gasteiger partial charge in [0.1, 0.15) is 0 Å². The molecule has 0 bridgehead atoms. The lowest BCUT2D eigenvalue weighted by molar-refractivity contribution is -0.168. The van der Waals surface area contributed by atoms with Crippen LogP contribution in [0.25, 0.3) is 0 Å². The van der Waals surface area contributed by atoms with Crippen LogP contribution in [0.3, 0.4) is 0 Å². The number of esters is 2. The molecule has 0 aliphatic carbocycles. The summed E-state index contributed by atoms with van der Waals surface area (Å²) in [6, 6.07) is 0. The van der Waals surface area contributed by atoms with Crippen LogP contribution in [0, 0.1) is 5.41 Å². The van der Waals surface area contributed by atoms with Crippen molar-refractivity contribution in [3.8, 4) is 0 Å². The minimum absolute atomic E-state index is 0.160. The first-order valence-electron chi connectivity index (χ1n) is 4.55. The Morgan fingerprint density at radius 2 is 1.33 bits per heavy atom. The Hall–Kier alpha value is -0.480. The molecule has 0 unspecified atom stereocenters. The average Bonchev–Trinajstić information content (AvgIpc) is 2.21. The van der Waals surface area contributed by atoms with Crippen molar-refractivity contribution in [2.75, 3.05) is 25.0 Å². The van der Waals surface area contributed by atoms with Crippen molar-refractivity contribution in [3.05, 3.63) is 0 Å². The molecule has 15 heavy (non-hydrogen) atoms. The van der Waals surface area contributed by atoms with Gasteiger partial charge in [-0.15, -0.1) is 23.2 Å². The summed E-state index contributed by atoms with van der Waals surface area (Å²) in [6.45, 7) is 3.59. The van der Waals surface area contributed by atoms with Gasteiger partial charge < -0.3 is 9.47 Å². The predicted octanol–water partition coefficient (Wildman–Crippen LogP) is 1.58. The number of ether oxygens (including phenoxy) is 2. The molecular weight excluding hydrogens is 243 g/mol. The molecule has 6 heteroatoms. The molecule has 0 aliphatic rings. The lowest BCUT2D eigenvalue weighted by Crippen LogP contribution is -2.45. The van der Waals surface area contributed by atoms with E-state index in [9.17, 15) is 9.59 Å². The highest BCUT2D eigenvalue weighted by Gasteiger charge is 2.47. The third-order valence-corrected chi connectivity index (χ3v) is 2.70. The molecule has 0 aromatic carbocycles. The smallest absolute Gasteiger partial charge is 0.325 e. The first-order chi connectivity index (χ1) is 7.08. The van der Waals surface area contributed by atoms with Crippen molar-refractivity contribution in [1.82, 2.24) is 0 Å². The van der Waals surface area contributed by atoms with Crippen LogP contribution in [0.1, 0.15) is 13.8 Å². The molecule has 0 radical (unpaired) electrons. The maximum Gasteiger partial charge on any atom is 0.325 e. The Morgan fingerprint density at radius 1 is 1.00 bits per heavy atom. The van der Waals surface area contributed by atoms with Crippen LogP contribution in [-0.4, -0.2) is 36.9 Å². The average molecular weight is 257 g/mol. The number of rotatable bonds is 6. The third-order valence-electron chi connectivity index (χ3n) is 1.79. The second-order valence-electron chi connectivity index (χ2n) is 2.79. The van der Waals surface area contributed by atoms with Crippen LogP contribution in [-0.2, 0) is 19.1 Å². The van der Waals surface area contributed by atoms with Crippen LogP contribution in [0.4, 0.5) is 0 Å². The molecule has 0 spiro atoms. The third kappa shape index (κ3) is 3.24. The summed E-state index contributed by atoms with van der Waals surface area (Å²) in [4.78, 5) is 23.1. The topological polar surface area (TPSA) is 52.6 Å². The van der Waals surface area contributed by atoms with Gasteiger partial charge in [0, 0.05) is 0 Å². The Balaban J connectivity index is 4.86. The van der Waals surface area contributed by atoms with Gasteiger partial charge in [-0.2, -0.15) is 0 Å². The van der Waals surface area contributed by atoms with Crippen molar-refractivity contribution in [2.45, 2.75) is 13.8 Å². The van der Waals surface area contributed by atoms with Crippen molar-refractivity contribution in [3.63, 3.8) is 0 Å². The van der Waals surface area contributed by atoms with Crippen LogP contribution in [0.5, 0.6) is 0 Å². The highest BCUT2D eigenvalue weighted by molar-refractivity contribution is 6.27. The van der Waals surface area contributed by atoms with Gasteiger partial charge in [0.15, 0.2) is 5.41 Å². The Kier molecular flexibility index (Phi) is 6.68. The Labute approximate surface area is 98.8 Å². The molecule has 0 rings (SSSR count). The van der Waals surface area contributed by atoms with E-state index in [2.05, 4.69) is 0 Å². The summed E-state index contributed by atoms with van der Waals surface area (Å²) in [5.41, 5.74) is -1.59. The summed E-state index contributed by atoms with van der Waals surface area (Å²) in [6.07, 6.45) is 0. The van der Waals surface area contributed by atoms with Gasteiger partial charge in [-0.25, -0.2) is 0 Å². The highest BCUT2D eigenvalue weighted by Crippen LogP contribution is 2.25. The fourth-order valence-electron chi connectivity index (χ4n) is 0.876. The number of alkyl halides is 2. The highest BCUT2D eigenvalue weighted by atomic mass is 35.5. The minimum Gasteiger partial charge on any atom is -0.465 e. The van der Waals surface area contributed by atoms with E-state index < -0.39 is 17.4 Å². The largest absolute Gasteiger partial charge is 0.465 e. The number of hydrogen-bond donors (Lipinski definition) is 0. The van der Waals surface area contributed by atoms with Gasteiger partial charge >= 0.3 is 11.9 Å². The lowest BCUT2D eigenvalue weighted by atomic mass is 9.93. The minimum atomic E-state index is -1.59. The fourth-order valence-corrected chi connectivity index (χ4v) is 1.60. The van der Waals surface area contributed by atoms with Gasteiger partial charge in [-0.05, 0) is 13.8 Å². The van der Waals surface area contributed by atoms with Crippen molar-refractivity contribution in [1.29, 1.82) is 0 Å². The number of carbonyl (C=O) groups excluding carboxylic acids is 2. The number of hydrogen-bond acceptors (Lipinski definition) is 4. The van der Waals surface area contributed by atoms with Gasteiger partial charge in [0.2, 0.25) is 0 Å². The van der Waals surface area contributed by atoms with E-state index in [-0.39, 0.29) is 25.0 Å². The monoisotopic (exact) mass is 256 g/mol. The zero-order valence-corrected chi connectivity index (χ0v) is 10.2. The molecule has 0 N–H and O–H groups in total. The van der Waals surface area contributed by atoms with Crippen molar-refractivity contribution >= 4 is 35.1 Å². The molecule has 0 amide bonds. The molecule has 0 fully saturated rings. The van der Waals surface area contributed by atoms with Gasteiger partial charge in [0.05, 0.1) is 25.0 Å². The predicted molar refractivity (Wildman–Crippen MR) is 57.1 cm³/mol. The van der Waals surface area contributed by atoms with E-state index in [1.807, 2.05) is 0 Å². The second-order valence-corrected chi connectivity index (χ2v) is 3.32. The van der Waals surface area contributed by atoms with Gasteiger partial charge in [-0.1, -0.05) is 0 Å². The second kappa shape index (κ2) is 6.90. The molecule has 0 heterocycles. The maximum atomic E-state index is 11.6. The summed E-state index contributed by atoms with van der Waals surface area (Å²) in [5, 5.41) is 0. The summed E-state index contributed by atoms with van der Waals surface area (Å²) < 4.78 is 9.50. The summed E-state index contributed by atoms with van der Waals surface area (Å²) in [7, 11) is 0. The first-order valence-corrected chi connectivity index (χ1v) is 5.62. The van der Waals surface area contributed by atoms with Gasteiger partial charge in [0.25, 0.3) is 0 Å². The standard InChI is InChI=1S/C9H14Cl2O4/c1-3-14-7(12)9(5-10,6-11)8(13)15-4-2/h3-6H2,1-2H3. The Bertz CT molecular complexity index is 206. The Morgan fingerprint density at radius 3 is 1.53 bits per heavy atom. The van der Waals surface area contributed by atoms with Crippen LogP contribution >= 0.6 is 23.2 Å². The molecule has 88 valence electrons. The van der Waals surface area contributed by atoms with E-state index in [1.165, 1.54) is 0 Å². The normalized spacial score (nSPS) is 10.9. The summed E-state index contributed by atoms with van der Waals surface area (Å²) in [5.74, 6) is -2.00. The molecule has 0 saturated heterocycles. The maximum absolute atomic E-state index is 11.6. The first kappa shape index (κ1) is 14.5. The molecule has 4 nitrogen and oxygen atoms in total. The van der Waals surface area contributed by atoms with E-state index in [0.29, 0.717) is 0 Å². The van der Waals surface area contributed by atoms with Crippen molar-refractivity contribution < 1.29 is 19.1 Å². The molecule has 0 aliphatic heterocycles.